The number of hydrogen-bond acceptors (Lipinski definition) is 7. The Bertz CT molecular complexity index is 1470. The molecule has 3 aromatic rings. The fourth-order valence-electron chi connectivity index (χ4n) is 4.28. The first-order chi connectivity index (χ1) is 17.3. The van der Waals surface area contributed by atoms with Crippen LogP contribution < -0.4 is 24.4 Å². The molecule has 9 nitrogen and oxygen atoms in total. The molecule has 0 bridgehead atoms. The van der Waals surface area contributed by atoms with Gasteiger partial charge in [-0.15, -0.1) is 0 Å². The maximum atomic E-state index is 13.7. The fourth-order valence-corrected chi connectivity index (χ4v) is 6.37. The molecule has 11 heteroatoms. The Balaban J connectivity index is 1.49. The molecule has 5 rings (SSSR count). The van der Waals surface area contributed by atoms with Crippen LogP contribution in [0.5, 0.6) is 17.2 Å². The smallest absolute Gasteiger partial charge is 0.244 e. The van der Waals surface area contributed by atoms with Crippen LogP contribution in [0.25, 0.3) is 0 Å². The van der Waals surface area contributed by atoms with Crippen molar-refractivity contribution < 1.29 is 32.2 Å². The second-order valence-electron chi connectivity index (χ2n) is 8.19. The van der Waals surface area contributed by atoms with E-state index in [4.69, 9.17) is 25.8 Å². The SMILES string of the molecule is COc1ccc(Cl)cc1NC(=O)CN1C(=O)CC(c2ccc3c(c2)OCO3)S(=O)(=O)c2ccccc21. The summed E-state index contributed by atoms with van der Waals surface area (Å²) in [5.41, 5.74) is 0.868. The molecule has 36 heavy (non-hydrogen) atoms. The number of nitrogens with zero attached hydrogens (tertiary/aromatic N) is 1. The molecule has 0 aromatic heterocycles. The van der Waals surface area contributed by atoms with Crippen LogP contribution >= 0.6 is 11.6 Å². The summed E-state index contributed by atoms with van der Waals surface area (Å²) in [7, 11) is -2.54. The minimum atomic E-state index is -3.99. The van der Waals surface area contributed by atoms with Crippen molar-refractivity contribution in [3.05, 3.63) is 71.2 Å². The third-order valence-corrected chi connectivity index (χ3v) is 8.39. The number of amides is 2. The summed E-state index contributed by atoms with van der Waals surface area (Å²) in [5.74, 6) is 0.253. The molecule has 0 saturated carbocycles. The third kappa shape index (κ3) is 4.33. The lowest BCUT2D eigenvalue weighted by molar-refractivity contribution is -0.121. The van der Waals surface area contributed by atoms with E-state index in [1.165, 1.54) is 30.2 Å². The van der Waals surface area contributed by atoms with E-state index in [0.29, 0.717) is 33.5 Å². The van der Waals surface area contributed by atoms with Gasteiger partial charge in [0.25, 0.3) is 0 Å². The van der Waals surface area contributed by atoms with E-state index in [0.717, 1.165) is 0 Å². The van der Waals surface area contributed by atoms with Crippen molar-refractivity contribution in [1.82, 2.24) is 0 Å². The maximum absolute atomic E-state index is 13.7. The summed E-state index contributed by atoms with van der Waals surface area (Å²) in [4.78, 5) is 27.6. The number of sulfone groups is 1. The van der Waals surface area contributed by atoms with Crippen LogP contribution in [-0.2, 0) is 19.4 Å². The predicted molar refractivity (Wildman–Crippen MR) is 133 cm³/mol. The number of carbonyl (C=O) groups is 2. The number of ether oxygens (including phenoxy) is 3. The monoisotopic (exact) mass is 528 g/mol. The molecule has 2 aliphatic heterocycles. The Morgan fingerprint density at radius 2 is 1.89 bits per heavy atom. The number of fused-ring (bicyclic) bond motifs is 2. The quantitative estimate of drug-likeness (QED) is 0.533. The molecule has 0 spiro atoms. The highest BCUT2D eigenvalue weighted by Gasteiger charge is 2.40. The zero-order chi connectivity index (χ0) is 25.4. The van der Waals surface area contributed by atoms with Crippen molar-refractivity contribution >= 4 is 44.6 Å². The van der Waals surface area contributed by atoms with Gasteiger partial charge in [-0.1, -0.05) is 29.8 Å². The Morgan fingerprint density at radius 1 is 1.11 bits per heavy atom. The van der Waals surface area contributed by atoms with Crippen molar-refractivity contribution in [3.8, 4) is 17.2 Å². The van der Waals surface area contributed by atoms with Crippen LogP contribution in [0.2, 0.25) is 5.02 Å². The average molecular weight is 529 g/mol. The highest BCUT2D eigenvalue weighted by Crippen LogP contribution is 2.43. The average Bonchev–Trinajstić information content (AvgIpc) is 3.31. The number of methoxy groups -OCH3 is 1. The zero-order valence-electron chi connectivity index (χ0n) is 19.1. The van der Waals surface area contributed by atoms with Gasteiger partial charge in [-0.05, 0) is 48.0 Å². The highest BCUT2D eigenvalue weighted by molar-refractivity contribution is 7.92. The van der Waals surface area contributed by atoms with Crippen molar-refractivity contribution in [2.45, 2.75) is 16.6 Å². The van der Waals surface area contributed by atoms with E-state index < -0.39 is 33.4 Å². The molecule has 0 aliphatic carbocycles. The van der Waals surface area contributed by atoms with Gasteiger partial charge in [0, 0.05) is 11.4 Å². The molecule has 0 saturated heterocycles. The van der Waals surface area contributed by atoms with E-state index in [1.807, 2.05) is 0 Å². The Hall–Kier alpha value is -3.76. The number of rotatable bonds is 5. The summed E-state index contributed by atoms with van der Waals surface area (Å²) < 4.78 is 43.4. The van der Waals surface area contributed by atoms with Gasteiger partial charge in [0.15, 0.2) is 21.3 Å². The molecule has 3 aromatic carbocycles. The van der Waals surface area contributed by atoms with Crippen LogP contribution in [0, 0.1) is 0 Å². The molecule has 186 valence electrons. The second kappa shape index (κ2) is 9.36. The van der Waals surface area contributed by atoms with Gasteiger partial charge in [0.1, 0.15) is 12.3 Å². The van der Waals surface area contributed by atoms with Crippen LogP contribution in [0.1, 0.15) is 17.2 Å². The van der Waals surface area contributed by atoms with E-state index >= 15 is 0 Å². The van der Waals surface area contributed by atoms with Gasteiger partial charge in [0.2, 0.25) is 18.6 Å². The van der Waals surface area contributed by atoms with E-state index in [9.17, 15) is 18.0 Å². The molecule has 0 fully saturated rings. The molecule has 1 N–H and O–H groups in total. The van der Waals surface area contributed by atoms with Gasteiger partial charge >= 0.3 is 0 Å². The minimum Gasteiger partial charge on any atom is -0.495 e. The van der Waals surface area contributed by atoms with Crippen LogP contribution in [0.3, 0.4) is 0 Å². The number of anilines is 2. The Labute approximate surface area is 212 Å². The lowest BCUT2D eigenvalue weighted by Gasteiger charge is -2.22. The number of nitrogens with one attached hydrogen (secondary N) is 1. The maximum Gasteiger partial charge on any atom is 0.244 e. The first kappa shape index (κ1) is 24.0. The van der Waals surface area contributed by atoms with Gasteiger partial charge < -0.3 is 24.4 Å². The van der Waals surface area contributed by atoms with E-state index in [1.54, 1.807) is 42.5 Å². The third-order valence-electron chi connectivity index (χ3n) is 6.00. The van der Waals surface area contributed by atoms with Crippen molar-refractivity contribution in [2.75, 3.05) is 30.7 Å². The van der Waals surface area contributed by atoms with Crippen LogP contribution in [-0.4, -0.2) is 40.7 Å². The lowest BCUT2D eigenvalue weighted by Crippen LogP contribution is -2.38. The summed E-state index contributed by atoms with van der Waals surface area (Å²) in [6.07, 6.45) is -0.357. The molecule has 2 amide bonds. The van der Waals surface area contributed by atoms with Crippen molar-refractivity contribution in [2.24, 2.45) is 0 Å². The molecule has 2 heterocycles. The van der Waals surface area contributed by atoms with Crippen LogP contribution in [0.4, 0.5) is 11.4 Å². The molecular weight excluding hydrogens is 508 g/mol. The zero-order valence-corrected chi connectivity index (χ0v) is 20.6. The molecule has 1 atom stereocenters. The predicted octanol–water partition coefficient (Wildman–Crippen LogP) is 3.97. The summed E-state index contributed by atoms with van der Waals surface area (Å²) >= 11 is 6.05. The van der Waals surface area contributed by atoms with Gasteiger partial charge in [-0.25, -0.2) is 8.42 Å². The van der Waals surface area contributed by atoms with Gasteiger partial charge in [-0.2, -0.15) is 0 Å². The Morgan fingerprint density at radius 3 is 2.69 bits per heavy atom. The van der Waals surface area contributed by atoms with Crippen molar-refractivity contribution in [3.63, 3.8) is 0 Å². The first-order valence-corrected chi connectivity index (χ1v) is 12.9. The van der Waals surface area contributed by atoms with E-state index in [-0.39, 0.29) is 23.8 Å². The number of para-hydroxylation sites is 1. The minimum absolute atomic E-state index is 0.0355. The fraction of sp³-hybridized carbons (Fsp3) is 0.200. The number of halogens is 1. The topological polar surface area (TPSA) is 111 Å². The lowest BCUT2D eigenvalue weighted by atomic mass is 10.1. The largest absolute Gasteiger partial charge is 0.495 e. The molecular formula is C25H21ClN2O7S. The molecule has 1 unspecified atom stereocenters. The van der Waals surface area contributed by atoms with E-state index in [2.05, 4.69) is 5.32 Å². The normalized spacial score (nSPS) is 17.8. The number of hydrogen-bond donors (Lipinski definition) is 1. The number of carbonyl (C=O) groups excluding carboxylic acids is 2. The summed E-state index contributed by atoms with van der Waals surface area (Å²) in [6, 6.07) is 15.7. The molecule has 2 aliphatic rings. The van der Waals surface area contributed by atoms with Crippen molar-refractivity contribution in [1.29, 1.82) is 0 Å². The second-order valence-corrected chi connectivity index (χ2v) is 10.7. The van der Waals surface area contributed by atoms with Gasteiger partial charge in [0.05, 0.1) is 28.6 Å². The highest BCUT2D eigenvalue weighted by atomic mass is 35.5. The standard InChI is InChI=1S/C25H21ClN2O7S/c1-33-19-9-7-16(26)11-17(19)27-24(29)13-28-18-4-2-3-5-22(18)36(31,32)23(12-25(28)30)15-6-8-20-21(10-15)35-14-34-20/h2-11,23H,12-14H2,1H3,(H,27,29). The van der Waals surface area contributed by atoms with Gasteiger partial charge in [-0.3, -0.25) is 9.59 Å². The Kier molecular flexibility index (Phi) is 6.23. The summed E-state index contributed by atoms with van der Waals surface area (Å²) in [5, 5.41) is 1.91. The number of benzene rings is 3. The first-order valence-electron chi connectivity index (χ1n) is 10.9. The van der Waals surface area contributed by atoms with Crippen LogP contribution in [0.15, 0.2) is 65.6 Å². The summed E-state index contributed by atoms with van der Waals surface area (Å²) in [6.45, 7) is -0.368. The molecule has 0 radical (unpaired) electrons.